The molecule has 1 aliphatic rings. The third kappa shape index (κ3) is 4.05. The average molecular weight is 341 g/mol. The van der Waals surface area contributed by atoms with Crippen molar-refractivity contribution in [1.29, 1.82) is 0 Å². The van der Waals surface area contributed by atoms with Gasteiger partial charge in [0.25, 0.3) is 0 Å². The summed E-state index contributed by atoms with van der Waals surface area (Å²) < 4.78 is 0. The maximum absolute atomic E-state index is 3.83. The molecule has 0 bridgehead atoms. The highest BCUT2D eigenvalue weighted by Crippen LogP contribution is 2.36. The minimum absolute atomic E-state index is 0.507. The van der Waals surface area contributed by atoms with E-state index in [9.17, 15) is 0 Å². The number of hydrogen-bond donors (Lipinski definition) is 1. The SMILES string of the molecule is c1ccc(CCCN[C@@H]2Cc3ccccc3[C@@H](c3ccccc3)C2)cc1. The number of benzene rings is 3. The zero-order valence-electron chi connectivity index (χ0n) is 15.3. The molecule has 1 aliphatic carbocycles. The van der Waals surface area contributed by atoms with Crippen LogP contribution in [0.1, 0.15) is 41.0 Å². The summed E-state index contributed by atoms with van der Waals surface area (Å²) >= 11 is 0. The summed E-state index contributed by atoms with van der Waals surface area (Å²) in [6.07, 6.45) is 4.68. The molecule has 0 fully saturated rings. The first kappa shape index (κ1) is 17.1. The number of hydrogen-bond acceptors (Lipinski definition) is 1. The Balaban J connectivity index is 1.40. The van der Waals surface area contributed by atoms with Crippen LogP contribution in [0, 0.1) is 0 Å². The molecular weight excluding hydrogens is 314 g/mol. The zero-order valence-corrected chi connectivity index (χ0v) is 15.3. The second-order valence-electron chi connectivity index (χ2n) is 7.34. The quantitative estimate of drug-likeness (QED) is 0.596. The lowest BCUT2D eigenvalue weighted by Crippen LogP contribution is -2.37. The lowest BCUT2D eigenvalue weighted by atomic mass is 9.76. The molecule has 0 aliphatic heterocycles. The van der Waals surface area contributed by atoms with Gasteiger partial charge in [-0.25, -0.2) is 0 Å². The summed E-state index contributed by atoms with van der Waals surface area (Å²) in [5.74, 6) is 0.507. The Morgan fingerprint density at radius 2 is 1.46 bits per heavy atom. The highest BCUT2D eigenvalue weighted by molar-refractivity contribution is 5.40. The fraction of sp³-hybridized carbons (Fsp3) is 0.280. The minimum atomic E-state index is 0.507. The second kappa shape index (κ2) is 8.33. The maximum Gasteiger partial charge on any atom is 0.0117 e. The molecule has 0 unspecified atom stereocenters. The largest absolute Gasteiger partial charge is 0.314 e. The molecule has 26 heavy (non-hydrogen) atoms. The standard InChI is InChI=1S/C25H27N/c1-3-10-20(11-4-1)12-9-17-26-23-18-22-15-7-8-16-24(22)25(19-23)21-13-5-2-6-14-21/h1-8,10-11,13-16,23,25-26H,9,12,17-19H2/t23-,25-/m1/s1. The summed E-state index contributed by atoms with van der Waals surface area (Å²) in [5.41, 5.74) is 5.90. The predicted octanol–water partition coefficient (Wildman–Crippen LogP) is 5.36. The van der Waals surface area contributed by atoms with E-state index in [0.29, 0.717) is 12.0 Å². The van der Waals surface area contributed by atoms with Crippen molar-refractivity contribution in [2.24, 2.45) is 0 Å². The highest BCUT2D eigenvalue weighted by atomic mass is 14.9. The van der Waals surface area contributed by atoms with E-state index in [0.717, 1.165) is 19.4 Å². The van der Waals surface area contributed by atoms with Crippen molar-refractivity contribution in [2.75, 3.05) is 6.54 Å². The van der Waals surface area contributed by atoms with Gasteiger partial charge in [-0.2, -0.15) is 0 Å². The van der Waals surface area contributed by atoms with Crippen molar-refractivity contribution in [2.45, 2.75) is 37.6 Å². The van der Waals surface area contributed by atoms with Crippen LogP contribution in [0.3, 0.4) is 0 Å². The van der Waals surface area contributed by atoms with Crippen molar-refractivity contribution in [3.63, 3.8) is 0 Å². The first-order valence-corrected chi connectivity index (χ1v) is 9.80. The summed E-state index contributed by atoms with van der Waals surface area (Å²) in [6, 6.07) is 31.3. The molecule has 0 saturated heterocycles. The Labute approximate surface area is 157 Å². The van der Waals surface area contributed by atoms with Crippen molar-refractivity contribution >= 4 is 0 Å². The van der Waals surface area contributed by atoms with Crippen molar-refractivity contribution in [3.8, 4) is 0 Å². The fourth-order valence-corrected chi connectivity index (χ4v) is 4.22. The highest BCUT2D eigenvalue weighted by Gasteiger charge is 2.27. The lowest BCUT2D eigenvalue weighted by Gasteiger charge is -2.32. The van der Waals surface area contributed by atoms with Gasteiger partial charge in [0.2, 0.25) is 0 Å². The zero-order chi connectivity index (χ0) is 17.6. The van der Waals surface area contributed by atoms with E-state index in [2.05, 4.69) is 90.2 Å². The van der Waals surface area contributed by atoms with E-state index >= 15 is 0 Å². The number of nitrogens with one attached hydrogen (secondary N) is 1. The van der Waals surface area contributed by atoms with Gasteiger partial charge in [-0.15, -0.1) is 0 Å². The van der Waals surface area contributed by atoms with Crippen LogP contribution < -0.4 is 5.32 Å². The van der Waals surface area contributed by atoms with Gasteiger partial charge >= 0.3 is 0 Å². The van der Waals surface area contributed by atoms with Crippen LogP contribution in [0.2, 0.25) is 0 Å². The Morgan fingerprint density at radius 3 is 2.27 bits per heavy atom. The van der Waals surface area contributed by atoms with Crippen molar-refractivity contribution in [1.82, 2.24) is 5.32 Å². The molecule has 0 spiro atoms. The molecule has 132 valence electrons. The third-order valence-corrected chi connectivity index (χ3v) is 5.54. The van der Waals surface area contributed by atoms with E-state index in [1.807, 2.05) is 0 Å². The van der Waals surface area contributed by atoms with Gasteiger partial charge in [-0.05, 0) is 54.5 Å². The Kier molecular flexibility index (Phi) is 5.47. The van der Waals surface area contributed by atoms with Crippen LogP contribution in [0.4, 0.5) is 0 Å². The topological polar surface area (TPSA) is 12.0 Å². The fourth-order valence-electron chi connectivity index (χ4n) is 4.22. The monoisotopic (exact) mass is 341 g/mol. The van der Waals surface area contributed by atoms with E-state index < -0.39 is 0 Å². The number of fused-ring (bicyclic) bond motifs is 1. The molecule has 2 atom stereocenters. The van der Waals surface area contributed by atoms with Crippen LogP contribution >= 0.6 is 0 Å². The van der Waals surface area contributed by atoms with Crippen LogP contribution in [0.25, 0.3) is 0 Å². The van der Waals surface area contributed by atoms with Gasteiger partial charge in [-0.1, -0.05) is 84.9 Å². The van der Waals surface area contributed by atoms with Crippen molar-refractivity contribution < 1.29 is 0 Å². The first-order chi connectivity index (χ1) is 12.9. The summed E-state index contributed by atoms with van der Waals surface area (Å²) in [5, 5.41) is 3.83. The van der Waals surface area contributed by atoms with Crippen LogP contribution in [0.15, 0.2) is 84.9 Å². The third-order valence-electron chi connectivity index (χ3n) is 5.54. The summed E-state index contributed by atoms with van der Waals surface area (Å²) in [6.45, 7) is 1.09. The smallest absolute Gasteiger partial charge is 0.0117 e. The van der Waals surface area contributed by atoms with Gasteiger partial charge in [0.15, 0.2) is 0 Å². The van der Waals surface area contributed by atoms with Crippen LogP contribution in [-0.4, -0.2) is 12.6 Å². The van der Waals surface area contributed by atoms with Crippen LogP contribution in [0.5, 0.6) is 0 Å². The summed E-state index contributed by atoms with van der Waals surface area (Å²) in [4.78, 5) is 0. The van der Waals surface area contributed by atoms with Crippen LogP contribution in [-0.2, 0) is 12.8 Å². The predicted molar refractivity (Wildman–Crippen MR) is 110 cm³/mol. The molecule has 0 amide bonds. The Bertz CT molecular complexity index is 810. The van der Waals surface area contributed by atoms with Gasteiger partial charge < -0.3 is 5.32 Å². The molecule has 0 radical (unpaired) electrons. The molecule has 4 rings (SSSR count). The van der Waals surface area contributed by atoms with E-state index in [1.54, 1.807) is 0 Å². The van der Waals surface area contributed by atoms with Gasteiger partial charge in [0.05, 0.1) is 0 Å². The molecule has 1 nitrogen and oxygen atoms in total. The molecule has 0 heterocycles. The van der Waals surface area contributed by atoms with Gasteiger partial charge in [0.1, 0.15) is 0 Å². The second-order valence-corrected chi connectivity index (χ2v) is 7.34. The molecule has 3 aromatic rings. The minimum Gasteiger partial charge on any atom is -0.314 e. The van der Waals surface area contributed by atoms with Crippen molar-refractivity contribution in [3.05, 3.63) is 107 Å². The molecule has 0 aromatic heterocycles. The van der Waals surface area contributed by atoms with Gasteiger partial charge in [-0.3, -0.25) is 0 Å². The van der Waals surface area contributed by atoms with E-state index in [-0.39, 0.29) is 0 Å². The number of rotatable bonds is 6. The molecule has 0 saturated carbocycles. The number of aryl methyl sites for hydroxylation is 1. The normalized spacial score (nSPS) is 19.1. The molecular formula is C25H27N. The Hall–Kier alpha value is -2.38. The molecule has 1 heteroatoms. The average Bonchev–Trinajstić information content (AvgIpc) is 2.72. The van der Waals surface area contributed by atoms with Gasteiger partial charge in [0, 0.05) is 12.0 Å². The maximum atomic E-state index is 3.83. The van der Waals surface area contributed by atoms with E-state index in [4.69, 9.17) is 0 Å². The first-order valence-electron chi connectivity index (χ1n) is 9.80. The molecule has 1 N–H and O–H groups in total. The Morgan fingerprint density at radius 1 is 0.769 bits per heavy atom. The molecule has 3 aromatic carbocycles. The van der Waals surface area contributed by atoms with E-state index in [1.165, 1.54) is 35.1 Å². The summed E-state index contributed by atoms with van der Waals surface area (Å²) in [7, 11) is 0. The lowest BCUT2D eigenvalue weighted by molar-refractivity contribution is 0.431.